The molecule has 0 radical (unpaired) electrons. The molecule has 0 saturated carbocycles. The summed E-state index contributed by atoms with van der Waals surface area (Å²) in [7, 11) is 0. The minimum Gasteiger partial charge on any atom is -0.155 e. The smallest absolute Gasteiger partial charge is 0.0109 e. The maximum atomic E-state index is 2.36. The zero-order chi connectivity index (χ0) is 7.12. The lowest BCUT2D eigenvalue weighted by atomic mass is 9.86. The Bertz CT molecular complexity index is 99.7. The van der Waals surface area contributed by atoms with E-state index in [1.165, 1.54) is 12.2 Å². The Kier molecular flexibility index (Phi) is 1.59. The van der Waals surface area contributed by atoms with Crippen LogP contribution in [0.2, 0.25) is 0 Å². The van der Waals surface area contributed by atoms with Crippen molar-refractivity contribution in [2.45, 2.75) is 38.9 Å². The number of hydrogen-bond acceptors (Lipinski definition) is 1. The second-order valence-electron chi connectivity index (χ2n) is 4.39. The van der Waals surface area contributed by atoms with Gasteiger partial charge in [0, 0.05) is 4.75 Å². The molecular weight excluding hydrogens is 128 g/mol. The van der Waals surface area contributed by atoms with Crippen molar-refractivity contribution in [3.8, 4) is 0 Å². The normalized spacial score (nSPS) is 30.7. The van der Waals surface area contributed by atoms with Gasteiger partial charge in [0.25, 0.3) is 0 Å². The molecule has 9 heavy (non-hydrogen) atoms. The molecule has 0 spiro atoms. The van der Waals surface area contributed by atoms with Crippen LogP contribution in [0.3, 0.4) is 0 Å². The SMILES string of the molecule is CC1(C)CSC(C)(C)C1. The van der Waals surface area contributed by atoms with Gasteiger partial charge in [0.05, 0.1) is 0 Å². The molecular formula is C8H16S. The second kappa shape index (κ2) is 1.91. The van der Waals surface area contributed by atoms with Crippen molar-refractivity contribution < 1.29 is 0 Å². The fourth-order valence-electron chi connectivity index (χ4n) is 1.65. The van der Waals surface area contributed by atoms with E-state index in [1.54, 1.807) is 0 Å². The minimum atomic E-state index is 0.545. The maximum Gasteiger partial charge on any atom is 0.0109 e. The summed E-state index contributed by atoms with van der Waals surface area (Å²) in [6.45, 7) is 9.39. The number of hydrogen-bond donors (Lipinski definition) is 0. The van der Waals surface area contributed by atoms with Crippen LogP contribution in [0.4, 0.5) is 0 Å². The van der Waals surface area contributed by atoms with Crippen LogP contribution in [-0.2, 0) is 0 Å². The molecule has 54 valence electrons. The third kappa shape index (κ3) is 1.89. The first-order valence-electron chi connectivity index (χ1n) is 3.55. The number of rotatable bonds is 0. The maximum absolute atomic E-state index is 2.36. The fraction of sp³-hybridized carbons (Fsp3) is 1.00. The van der Waals surface area contributed by atoms with Gasteiger partial charge in [-0.1, -0.05) is 27.7 Å². The molecule has 1 aliphatic heterocycles. The van der Waals surface area contributed by atoms with E-state index in [-0.39, 0.29) is 0 Å². The van der Waals surface area contributed by atoms with Gasteiger partial charge in [-0.3, -0.25) is 0 Å². The second-order valence-corrected chi connectivity index (χ2v) is 6.07. The topological polar surface area (TPSA) is 0 Å². The first-order chi connectivity index (χ1) is 3.91. The molecule has 0 nitrogen and oxygen atoms in total. The van der Waals surface area contributed by atoms with Crippen molar-refractivity contribution in [1.29, 1.82) is 0 Å². The highest BCUT2D eigenvalue weighted by Gasteiger charge is 2.36. The molecule has 0 aromatic carbocycles. The summed E-state index contributed by atoms with van der Waals surface area (Å²) in [5.41, 5.74) is 0.591. The van der Waals surface area contributed by atoms with Crippen molar-refractivity contribution in [3.63, 3.8) is 0 Å². The van der Waals surface area contributed by atoms with Gasteiger partial charge in [-0.25, -0.2) is 0 Å². The van der Waals surface area contributed by atoms with Crippen LogP contribution in [0.1, 0.15) is 34.1 Å². The van der Waals surface area contributed by atoms with Crippen LogP contribution >= 0.6 is 11.8 Å². The zero-order valence-corrected chi connectivity index (χ0v) is 7.64. The lowest BCUT2D eigenvalue weighted by molar-refractivity contribution is 0.374. The zero-order valence-electron chi connectivity index (χ0n) is 6.82. The summed E-state index contributed by atoms with van der Waals surface area (Å²) in [5, 5.41) is 0. The van der Waals surface area contributed by atoms with E-state index in [9.17, 15) is 0 Å². The van der Waals surface area contributed by atoms with Crippen LogP contribution < -0.4 is 0 Å². The molecule has 1 saturated heterocycles. The molecule has 1 aliphatic rings. The summed E-state index contributed by atoms with van der Waals surface area (Å²) < 4.78 is 0.545. The van der Waals surface area contributed by atoms with Gasteiger partial charge in [-0.05, 0) is 17.6 Å². The molecule has 0 N–H and O–H groups in total. The highest BCUT2D eigenvalue weighted by Crippen LogP contribution is 2.47. The lowest BCUT2D eigenvalue weighted by Crippen LogP contribution is -2.15. The molecule has 0 amide bonds. The Morgan fingerprint density at radius 1 is 1.11 bits per heavy atom. The van der Waals surface area contributed by atoms with Crippen molar-refractivity contribution in [2.75, 3.05) is 5.75 Å². The molecule has 1 rings (SSSR count). The van der Waals surface area contributed by atoms with Crippen molar-refractivity contribution in [2.24, 2.45) is 5.41 Å². The first-order valence-corrected chi connectivity index (χ1v) is 4.54. The van der Waals surface area contributed by atoms with E-state index in [2.05, 4.69) is 39.5 Å². The quantitative estimate of drug-likeness (QED) is 0.503. The summed E-state index contributed by atoms with van der Waals surface area (Å²) in [5.74, 6) is 1.33. The van der Waals surface area contributed by atoms with E-state index in [4.69, 9.17) is 0 Å². The highest BCUT2D eigenvalue weighted by atomic mass is 32.2. The Labute approximate surface area is 62.4 Å². The fourth-order valence-corrected chi connectivity index (χ4v) is 3.02. The Morgan fingerprint density at radius 2 is 1.67 bits per heavy atom. The molecule has 0 aromatic rings. The van der Waals surface area contributed by atoms with Crippen molar-refractivity contribution in [1.82, 2.24) is 0 Å². The Hall–Kier alpha value is 0.350. The van der Waals surface area contributed by atoms with Gasteiger partial charge in [-0.2, -0.15) is 11.8 Å². The van der Waals surface area contributed by atoms with Crippen molar-refractivity contribution in [3.05, 3.63) is 0 Å². The predicted molar refractivity (Wildman–Crippen MR) is 44.9 cm³/mol. The lowest BCUT2D eigenvalue weighted by Gasteiger charge is -2.19. The standard InChI is InChI=1S/C8H16S/c1-7(2)5-8(3,4)9-6-7/h5-6H2,1-4H3. The molecule has 0 atom stereocenters. The molecule has 0 aromatic heterocycles. The summed E-state index contributed by atoms with van der Waals surface area (Å²) in [6.07, 6.45) is 1.37. The Morgan fingerprint density at radius 3 is 1.78 bits per heavy atom. The predicted octanol–water partition coefficient (Wildman–Crippen LogP) is 2.93. The minimum absolute atomic E-state index is 0.545. The van der Waals surface area contributed by atoms with Crippen molar-refractivity contribution >= 4 is 11.8 Å². The summed E-state index contributed by atoms with van der Waals surface area (Å²) in [6, 6.07) is 0. The highest BCUT2D eigenvalue weighted by molar-refractivity contribution is 8.00. The van der Waals surface area contributed by atoms with Crippen LogP contribution in [0.25, 0.3) is 0 Å². The van der Waals surface area contributed by atoms with E-state index < -0.39 is 0 Å². The molecule has 1 fully saturated rings. The Balaban J connectivity index is 2.58. The van der Waals surface area contributed by atoms with Gasteiger partial charge in [-0.15, -0.1) is 0 Å². The third-order valence-electron chi connectivity index (χ3n) is 1.76. The van der Waals surface area contributed by atoms with E-state index in [1.807, 2.05) is 0 Å². The molecule has 0 aliphatic carbocycles. The third-order valence-corrected chi connectivity index (χ3v) is 3.61. The van der Waals surface area contributed by atoms with E-state index in [0.29, 0.717) is 10.2 Å². The van der Waals surface area contributed by atoms with Crippen LogP contribution in [0.5, 0.6) is 0 Å². The molecule has 1 heterocycles. The largest absolute Gasteiger partial charge is 0.155 e. The molecule has 0 unspecified atom stereocenters. The van der Waals surface area contributed by atoms with Crippen LogP contribution in [0.15, 0.2) is 0 Å². The average molecular weight is 144 g/mol. The van der Waals surface area contributed by atoms with Gasteiger partial charge in [0.15, 0.2) is 0 Å². The first kappa shape index (κ1) is 7.46. The molecule has 1 heteroatoms. The summed E-state index contributed by atoms with van der Waals surface area (Å²) in [4.78, 5) is 0. The van der Waals surface area contributed by atoms with E-state index in [0.717, 1.165) is 0 Å². The number of thioether (sulfide) groups is 1. The molecule has 0 bridgehead atoms. The van der Waals surface area contributed by atoms with Gasteiger partial charge in [0.1, 0.15) is 0 Å². The van der Waals surface area contributed by atoms with Gasteiger partial charge < -0.3 is 0 Å². The van der Waals surface area contributed by atoms with Gasteiger partial charge in [0.2, 0.25) is 0 Å². The van der Waals surface area contributed by atoms with E-state index >= 15 is 0 Å². The van der Waals surface area contributed by atoms with Crippen LogP contribution in [0, 0.1) is 5.41 Å². The average Bonchev–Trinajstić information content (AvgIpc) is 1.78. The van der Waals surface area contributed by atoms with Crippen LogP contribution in [-0.4, -0.2) is 10.5 Å². The monoisotopic (exact) mass is 144 g/mol. The van der Waals surface area contributed by atoms with Gasteiger partial charge >= 0.3 is 0 Å². The summed E-state index contributed by atoms with van der Waals surface area (Å²) >= 11 is 2.11.